The first-order chi connectivity index (χ1) is 13.7. The summed E-state index contributed by atoms with van der Waals surface area (Å²) in [6, 6.07) is 16.6. The number of rotatable bonds is 9. The van der Waals surface area contributed by atoms with Crippen LogP contribution in [0.1, 0.15) is 17.5 Å². The minimum atomic E-state index is -0.252. The topological polar surface area (TPSA) is 82.2 Å². The van der Waals surface area contributed by atoms with Crippen LogP contribution in [0.2, 0.25) is 0 Å². The Bertz CT molecular complexity index is 872. The molecule has 0 bridgehead atoms. The predicted octanol–water partition coefficient (Wildman–Crippen LogP) is 2.58. The van der Waals surface area contributed by atoms with Crippen LogP contribution in [0.5, 0.6) is 0 Å². The number of nitrogens with zero attached hydrogens (tertiary/aromatic N) is 2. The highest BCUT2D eigenvalue weighted by Crippen LogP contribution is 2.24. The maximum Gasteiger partial charge on any atom is 0.222 e. The fourth-order valence-corrected chi connectivity index (χ4v) is 3.07. The van der Waals surface area contributed by atoms with Crippen LogP contribution >= 0.6 is 0 Å². The van der Waals surface area contributed by atoms with Gasteiger partial charge in [-0.05, 0) is 22.3 Å². The lowest BCUT2D eigenvalue weighted by Crippen LogP contribution is -2.32. The number of hydrogen-bond donors (Lipinski definition) is 2. The number of amides is 1. The van der Waals surface area contributed by atoms with E-state index in [4.69, 9.17) is 10.5 Å². The number of carbonyl (C=O) groups excluding carboxylic acids is 1. The molecule has 146 valence electrons. The van der Waals surface area contributed by atoms with Gasteiger partial charge in [-0.15, -0.1) is 0 Å². The molecule has 0 saturated heterocycles. The van der Waals surface area contributed by atoms with Crippen molar-refractivity contribution < 1.29 is 9.53 Å². The molecule has 0 radical (unpaired) electrons. The SMILES string of the molecule is COC(CN)CC(=O)NCc1ccccc1-c1ccc(Cn2ccnc2)cc1. The quantitative estimate of drug-likeness (QED) is 0.600. The van der Waals surface area contributed by atoms with Gasteiger partial charge in [-0.1, -0.05) is 48.5 Å². The van der Waals surface area contributed by atoms with Crippen LogP contribution in [0.4, 0.5) is 0 Å². The van der Waals surface area contributed by atoms with E-state index in [1.165, 1.54) is 5.56 Å². The molecule has 1 heterocycles. The zero-order valence-electron chi connectivity index (χ0n) is 16.0. The van der Waals surface area contributed by atoms with Crippen molar-refractivity contribution in [2.75, 3.05) is 13.7 Å². The van der Waals surface area contributed by atoms with Crippen molar-refractivity contribution in [3.05, 3.63) is 78.4 Å². The Kier molecular flexibility index (Phi) is 6.94. The summed E-state index contributed by atoms with van der Waals surface area (Å²) < 4.78 is 7.21. The summed E-state index contributed by atoms with van der Waals surface area (Å²) in [5.74, 6) is -0.0669. The van der Waals surface area contributed by atoms with Gasteiger partial charge in [-0.2, -0.15) is 0 Å². The predicted molar refractivity (Wildman–Crippen MR) is 110 cm³/mol. The van der Waals surface area contributed by atoms with Gasteiger partial charge in [-0.25, -0.2) is 4.98 Å². The van der Waals surface area contributed by atoms with E-state index in [1.54, 1.807) is 13.3 Å². The molecule has 1 amide bonds. The monoisotopic (exact) mass is 378 g/mol. The molecule has 3 rings (SSSR count). The fraction of sp³-hybridized carbons (Fsp3) is 0.273. The van der Waals surface area contributed by atoms with Crippen LogP contribution < -0.4 is 11.1 Å². The number of aromatic nitrogens is 2. The van der Waals surface area contributed by atoms with Gasteiger partial charge < -0.3 is 20.4 Å². The second kappa shape index (κ2) is 9.82. The van der Waals surface area contributed by atoms with Gasteiger partial charge in [0.15, 0.2) is 0 Å². The zero-order chi connectivity index (χ0) is 19.8. The summed E-state index contributed by atoms with van der Waals surface area (Å²) in [4.78, 5) is 16.2. The lowest BCUT2D eigenvalue weighted by atomic mass is 9.98. The highest BCUT2D eigenvalue weighted by atomic mass is 16.5. The first-order valence-corrected chi connectivity index (χ1v) is 9.32. The van der Waals surface area contributed by atoms with E-state index in [0.717, 1.165) is 23.2 Å². The molecule has 0 fully saturated rings. The van der Waals surface area contributed by atoms with Crippen molar-refractivity contribution in [2.24, 2.45) is 5.73 Å². The van der Waals surface area contributed by atoms with Gasteiger partial charge in [0.05, 0.1) is 18.9 Å². The molecule has 3 aromatic rings. The van der Waals surface area contributed by atoms with Crippen molar-refractivity contribution >= 4 is 5.91 Å². The fourth-order valence-electron chi connectivity index (χ4n) is 3.07. The van der Waals surface area contributed by atoms with Gasteiger partial charge in [0.25, 0.3) is 0 Å². The second-order valence-electron chi connectivity index (χ2n) is 6.66. The van der Waals surface area contributed by atoms with Crippen molar-refractivity contribution in [1.29, 1.82) is 0 Å². The Labute approximate surface area is 165 Å². The van der Waals surface area contributed by atoms with Crippen LogP contribution in [0.25, 0.3) is 11.1 Å². The molecule has 0 aliphatic rings. The summed E-state index contributed by atoms with van der Waals surface area (Å²) in [5.41, 5.74) is 10.1. The third-order valence-electron chi connectivity index (χ3n) is 4.69. The number of nitrogens with one attached hydrogen (secondary N) is 1. The van der Waals surface area contributed by atoms with Gasteiger partial charge in [-0.3, -0.25) is 4.79 Å². The van der Waals surface area contributed by atoms with E-state index < -0.39 is 0 Å². The van der Waals surface area contributed by atoms with E-state index in [9.17, 15) is 4.79 Å². The molecule has 28 heavy (non-hydrogen) atoms. The maximum atomic E-state index is 12.1. The number of ether oxygens (including phenoxy) is 1. The maximum absolute atomic E-state index is 12.1. The van der Waals surface area contributed by atoms with Crippen molar-refractivity contribution in [2.45, 2.75) is 25.6 Å². The first kappa shape index (κ1) is 19.8. The molecule has 2 aromatic carbocycles. The van der Waals surface area contributed by atoms with Gasteiger partial charge >= 0.3 is 0 Å². The average molecular weight is 378 g/mol. The van der Waals surface area contributed by atoms with Crippen molar-refractivity contribution in [3.8, 4) is 11.1 Å². The molecule has 0 saturated carbocycles. The van der Waals surface area contributed by atoms with Crippen LogP contribution in [0.15, 0.2) is 67.3 Å². The minimum Gasteiger partial charge on any atom is -0.380 e. The molecule has 0 spiro atoms. The Hall–Kier alpha value is -2.96. The number of methoxy groups -OCH3 is 1. The summed E-state index contributed by atoms with van der Waals surface area (Å²) in [7, 11) is 1.57. The lowest BCUT2D eigenvalue weighted by Gasteiger charge is -2.14. The van der Waals surface area contributed by atoms with Gasteiger partial charge in [0, 0.05) is 39.1 Å². The number of hydrogen-bond acceptors (Lipinski definition) is 4. The number of imidazole rings is 1. The van der Waals surface area contributed by atoms with Crippen LogP contribution in [0, 0.1) is 0 Å². The van der Waals surface area contributed by atoms with Gasteiger partial charge in [0.2, 0.25) is 5.91 Å². The third kappa shape index (κ3) is 5.28. The van der Waals surface area contributed by atoms with Crippen molar-refractivity contribution in [1.82, 2.24) is 14.9 Å². The number of carbonyl (C=O) groups is 1. The number of benzene rings is 2. The zero-order valence-corrected chi connectivity index (χ0v) is 16.0. The smallest absolute Gasteiger partial charge is 0.222 e. The van der Waals surface area contributed by atoms with Gasteiger partial charge in [0.1, 0.15) is 0 Å². The van der Waals surface area contributed by atoms with Crippen LogP contribution in [0.3, 0.4) is 0 Å². The van der Waals surface area contributed by atoms with E-state index in [-0.39, 0.29) is 18.4 Å². The number of nitrogens with two attached hydrogens (primary N) is 1. The molecule has 0 aliphatic heterocycles. The largest absolute Gasteiger partial charge is 0.380 e. The molecular weight excluding hydrogens is 352 g/mol. The Morgan fingerprint density at radius 3 is 2.68 bits per heavy atom. The Morgan fingerprint density at radius 1 is 1.21 bits per heavy atom. The van der Waals surface area contributed by atoms with Crippen molar-refractivity contribution in [3.63, 3.8) is 0 Å². The summed E-state index contributed by atoms with van der Waals surface area (Å²) in [6.07, 6.45) is 5.55. The first-order valence-electron chi connectivity index (χ1n) is 9.32. The van der Waals surface area contributed by atoms with Crippen LogP contribution in [-0.2, 0) is 22.6 Å². The Balaban J connectivity index is 1.67. The summed E-state index contributed by atoms with van der Waals surface area (Å²) in [5, 5.41) is 2.96. The van der Waals surface area contributed by atoms with E-state index in [2.05, 4.69) is 40.6 Å². The molecule has 1 aromatic heterocycles. The van der Waals surface area contributed by atoms with E-state index in [0.29, 0.717) is 13.1 Å². The van der Waals surface area contributed by atoms with E-state index >= 15 is 0 Å². The minimum absolute atomic E-state index is 0.0669. The standard InChI is InChI=1S/C22H26N4O2/c1-28-20(13-23)12-22(27)25-14-19-4-2-3-5-21(19)18-8-6-17(7-9-18)15-26-11-10-24-16-26/h2-11,16,20H,12-15,23H2,1H3,(H,25,27). The molecule has 0 aliphatic carbocycles. The highest BCUT2D eigenvalue weighted by molar-refractivity contribution is 5.77. The third-order valence-corrected chi connectivity index (χ3v) is 4.69. The normalized spacial score (nSPS) is 11.9. The van der Waals surface area contributed by atoms with E-state index in [1.807, 2.05) is 35.3 Å². The molecule has 6 nitrogen and oxygen atoms in total. The molecule has 1 unspecified atom stereocenters. The molecular formula is C22H26N4O2. The molecule has 1 atom stereocenters. The Morgan fingerprint density at radius 2 is 2.00 bits per heavy atom. The molecule has 6 heteroatoms. The highest BCUT2D eigenvalue weighted by Gasteiger charge is 2.12. The lowest BCUT2D eigenvalue weighted by molar-refractivity contribution is -0.123. The average Bonchev–Trinajstić information content (AvgIpc) is 3.24. The van der Waals surface area contributed by atoms with Crippen LogP contribution in [-0.4, -0.2) is 35.2 Å². The second-order valence-corrected chi connectivity index (χ2v) is 6.66. The molecule has 3 N–H and O–H groups in total. The summed E-state index contributed by atoms with van der Waals surface area (Å²) in [6.45, 7) is 1.58. The summed E-state index contributed by atoms with van der Waals surface area (Å²) >= 11 is 0.